The third-order valence-corrected chi connectivity index (χ3v) is 3.81. The Balaban J connectivity index is 1.87. The number of fused-ring (bicyclic) bond motifs is 1. The van der Waals surface area contributed by atoms with Gasteiger partial charge in [0.1, 0.15) is 5.75 Å². The van der Waals surface area contributed by atoms with Crippen LogP contribution in [0.15, 0.2) is 46.9 Å². The molecule has 0 fully saturated rings. The van der Waals surface area contributed by atoms with Crippen LogP contribution in [-0.4, -0.2) is 15.9 Å². The fourth-order valence-corrected chi connectivity index (χ4v) is 2.68. The molecule has 3 rings (SSSR count). The molecule has 2 aromatic carbocycles. The van der Waals surface area contributed by atoms with Crippen LogP contribution in [0.2, 0.25) is 0 Å². The summed E-state index contributed by atoms with van der Waals surface area (Å²) in [6.45, 7) is 1.20. The number of nitrogens with zero attached hydrogens (tertiary/aromatic N) is 1. The summed E-state index contributed by atoms with van der Waals surface area (Å²) in [6, 6.07) is 13.0. The number of rotatable bonds is 1. The zero-order valence-electron chi connectivity index (χ0n) is 10.1. The molecule has 1 aliphatic heterocycles. The first-order chi connectivity index (χ1) is 9.15. The van der Waals surface area contributed by atoms with E-state index in [9.17, 15) is 9.90 Å². The molecule has 1 heterocycles. The van der Waals surface area contributed by atoms with Crippen molar-refractivity contribution in [1.82, 2.24) is 4.90 Å². The minimum atomic E-state index is -0.138. The fourth-order valence-electron chi connectivity index (χ4n) is 2.33. The van der Waals surface area contributed by atoms with Gasteiger partial charge in [0.15, 0.2) is 0 Å². The van der Waals surface area contributed by atoms with Crippen molar-refractivity contribution in [3.63, 3.8) is 0 Å². The molecular formula is C15H12BrNO2. The highest BCUT2D eigenvalue weighted by Crippen LogP contribution is 2.28. The summed E-state index contributed by atoms with van der Waals surface area (Å²) in [5, 5.41) is 9.86. The molecule has 19 heavy (non-hydrogen) atoms. The Morgan fingerprint density at radius 3 is 2.32 bits per heavy atom. The number of hydrogen-bond acceptors (Lipinski definition) is 2. The van der Waals surface area contributed by atoms with E-state index in [1.165, 1.54) is 17.2 Å². The van der Waals surface area contributed by atoms with Gasteiger partial charge in [-0.2, -0.15) is 0 Å². The molecule has 2 aromatic rings. The normalized spacial score (nSPS) is 13.4. The molecule has 0 aliphatic carbocycles. The smallest absolute Gasteiger partial charge is 0.258 e. The lowest BCUT2D eigenvalue weighted by molar-refractivity contribution is 0.0748. The number of amides is 1. The Morgan fingerprint density at radius 2 is 1.74 bits per heavy atom. The van der Waals surface area contributed by atoms with Crippen LogP contribution in [0.5, 0.6) is 5.75 Å². The summed E-state index contributed by atoms with van der Waals surface area (Å²) in [7, 11) is 0. The lowest BCUT2D eigenvalue weighted by Gasteiger charge is -2.16. The SMILES string of the molecule is O=C(c1ccc(Br)cc1O)N1Cc2ccccc2C1. The maximum absolute atomic E-state index is 12.4. The summed E-state index contributed by atoms with van der Waals surface area (Å²) in [5.74, 6) is -0.128. The molecule has 0 saturated carbocycles. The van der Waals surface area contributed by atoms with E-state index in [4.69, 9.17) is 0 Å². The zero-order valence-corrected chi connectivity index (χ0v) is 11.7. The molecular weight excluding hydrogens is 306 g/mol. The number of phenols is 1. The van der Waals surface area contributed by atoms with Gasteiger partial charge >= 0.3 is 0 Å². The lowest BCUT2D eigenvalue weighted by Crippen LogP contribution is -2.25. The molecule has 96 valence electrons. The summed E-state index contributed by atoms with van der Waals surface area (Å²) >= 11 is 3.27. The molecule has 3 nitrogen and oxygen atoms in total. The average molecular weight is 318 g/mol. The highest BCUT2D eigenvalue weighted by molar-refractivity contribution is 9.10. The largest absolute Gasteiger partial charge is 0.507 e. The van der Waals surface area contributed by atoms with Crippen LogP contribution < -0.4 is 0 Å². The fraction of sp³-hybridized carbons (Fsp3) is 0.133. The second kappa shape index (κ2) is 4.70. The van der Waals surface area contributed by atoms with Gasteiger partial charge in [0.25, 0.3) is 5.91 Å². The van der Waals surface area contributed by atoms with Crippen molar-refractivity contribution in [2.45, 2.75) is 13.1 Å². The number of aromatic hydroxyl groups is 1. The van der Waals surface area contributed by atoms with Gasteiger partial charge < -0.3 is 10.0 Å². The Hall–Kier alpha value is -1.81. The van der Waals surface area contributed by atoms with Crippen LogP contribution in [0, 0.1) is 0 Å². The van der Waals surface area contributed by atoms with E-state index in [0.717, 1.165) is 4.47 Å². The van der Waals surface area contributed by atoms with Crippen LogP contribution >= 0.6 is 15.9 Å². The third-order valence-electron chi connectivity index (χ3n) is 3.32. The molecule has 0 spiro atoms. The van der Waals surface area contributed by atoms with Gasteiger partial charge in [-0.25, -0.2) is 0 Å². The van der Waals surface area contributed by atoms with Crippen LogP contribution in [-0.2, 0) is 13.1 Å². The number of hydrogen-bond donors (Lipinski definition) is 1. The van der Waals surface area contributed by atoms with Crippen molar-refractivity contribution in [3.05, 3.63) is 63.6 Å². The number of carbonyl (C=O) groups is 1. The molecule has 0 saturated heterocycles. The summed E-state index contributed by atoms with van der Waals surface area (Å²) in [4.78, 5) is 14.1. The topological polar surface area (TPSA) is 40.5 Å². The molecule has 0 radical (unpaired) electrons. The standard InChI is InChI=1S/C15H12BrNO2/c16-12-5-6-13(14(18)7-12)15(19)17-8-10-3-1-2-4-11(10)9-17/h1-7,18H,8-9H2. The van der Waals surface area contributed by atoms with Gasteiger partial charge in [0.2, 0.25) is 0 Å². The molecule has 1 aliphatic rings. The molecule has 0 aromatic heterocycles. The second-order valence-electron chi connectivity index (χ2n) is 4.59. The van der Waals surface area contributed by atoms with Crippen molar-refractivity contribution < 1.29 is 9.90 Å². The molecule has 0 bridgehead atoms. The third kappa shape index (κ3) is 2.24. The van der Waals surface area contributed by atoms with E-state index < -0.39 is 0 Å². The Morgan fingerprint density at radius 1 is 1.11 bits per heavy atom. The number of phenolic OH excluding ortho intramolecular Hbond substituents is 1. The second-order valence-corrected chi connectivity index (χ2v) is 5.51. The van der Waals surface area contributed by atoms with E-state index >= 15 is 0 Å². The summed E-state index contributed by atoms with van der Waals surface area (Å²) in [6.07, 6.45) is 0. The Kier molecular flexibility index (Phi) is 3.03. The van der Waals surface area contributed by atoms with E-state index in [-0.39, 0.29) is 11.7 Å². The van der Waals surface area contributed by atoms with Crippen molar-refractivity contribution in [3.8, 4) is 5.75 Å². The average Bonchev–Trinajstić information content (AvgIpc) is 2.81. The van der Waals surface area contributed by atoms with Gasteiger partial charge in [0.05, 0.1) is 5.56 Å². The highest BCUT2D eigenvalue weighted by atomic mass is 79.9. The maximum atomic E-state index is 12.4. The van der Waals surface area contributed by atoms with Crippen molar-refractivity contribution in [2.24, 2.45) is 0 Å². The molecule has 0 unspecified atom stereocenters. The van der Waals surface area contributed by atoms with E-state index in [0.29, 0.717) is 18.7 Å². The van der Waals surface area contributed by atoms with Gasteiger partial charge in [0, 0.05) is 17.6 Å². The summed E-state index contributed by atoms with van der Waals surface area (Å²) in [5.41, 5.74) is 2.69. The van der Waals surface area contributed by atoms with Crippen LogP contribution in [0.1, 0.15) is 21.5 Å². The Bertz CT molecular complexity index is 629. The quantitative estimate of drug-likeness (QED) is 0.876. The first-order valence-corrected chi connectivity index (χ1v) is 6.79. The minimum Gasteiger partial charge on any atom is -0.507 e. The Labute approximate surface area is 119 Å². The van der Waals surface area contributed by atoms with Gasteiger partial charge in [-0.3, -0.25) is 4.79 Å². The minimum absolute atomic E-state index is 0.00957. The molecule has 1 N–H and O–H groups in total. The predicted octanol–water partition coefficient (Wildman–Crippen LogP) is 3.31. The first-order valence-electron chi connectivity index (χ1n) is 6.00. The van der Waals surface area contributed by atoms with Crippen LogP contribution in [0.4, 0.5) is 0 Å². The van der Waals surface area contributed by atoms with Crippen LogP contribution in [0.3, 0.4) is 0 Å². The number of halogens is 1. The van der Waals surface area contributed by atoms with Crippen molar-refractivity contribution >= 4 is 21.8 Å². The number of benzene rings is 2. The summed E-state index contributed by atoms with van der Waals surface area (Å²) < 4.78 is 0.756. The number of carbonyl (C=O) groups excluding carboxylic acids is 1. The predicted molar refractivity (Wildman–Crippen MR) is 75.8 cm³/mol. The van der Waals surface area contributed by atoms with Gasteiger partial charge in [-0.05, 0) is 29.3 Å². The first kappa shape index (κ1) is 12.2. The van der Waals surface area contributed by atoms with E-state index in [2.05, 4.69) is 15.9 Å². The molecule has 1 amide bonds. The van der Waals surface area contributed by atoms with Gasteiger partial charge in [-0.15, -0.1) is 0 Å². The van der Waals surface area contributed by atoms with Crippen molar-refractivity contribution in [2.75, 3.05) is 0 Å². The monoisotopic (exact) mass is 317 g/mol. The molecule has 0 atom stereocenters. The molecule has 4 heteroatoms. The van der Waals surface area contributed by atoms with Crippen molar-refractivity contribution in [1.29, 1.82) is 0 Å². The van der Waals surface area contributed by atoms with Gasteiger partial charge in [-0.1, -0.05) is 40.2 Å². The highest BCUT2D eigenvalue weighted by Gasteiger charge is 2.25. The zero-order chi connectivity index (χ0) is 13.4. The van der Waals surface area contributed by atoms with Crippen LogP contribution in [0.25, 0.3) is 0 Å². The maximum Gasteiger partial charge on any atom is 0.258 e. The van der Waals surface area contributed by atoms with E-state index in [1.54, 1.807) is 17.0 Å². The lowest BCUT2D eigenvalue weighted by atomic mass is 10.1. The van der Waals surface area contributed by atoms with E-state index in [1.807, 2.05) is 24.3 Å².